The van der Waals surface area contributed by atoms with Crippen molar-refractivity contribution in [2.24, 2.45) is 0 Å². The molecule has 0 aliphatic carbocycles. The van der Waals surface area contributed by atoms with Crippen LogP contribution < -0.4 is 15.5 Å². The number of benzene rings is 2. The summed E-state index contributed by atoms with van der Waals surface area (Å²) in [7, 11) is 0. The van der Waals surface area contributed by atoms with Crippen molar-refractivity contribution in [1.29, 1.82) is 0 Å². The summed E-state index contributed by atoms with van der Waals surface area (Å²) in [5, 5.41) is 5.54. The molecule has 0 saturated carbocycles. The number of carbonyl (C=O) groups excluding carboxylic acids is 2. The van der Waals surface area contributed by atoms with E-state index in [1.54, 1.807) is 36.4 Å². The number of hydrogen-bond acceptors (Lipinski definition) is 3. The zero-order valence-corrected chi connectivity index (χ0v) is 13.7. The minimum absolute atomic E-state index is 0.0337. The van der Waals surface area contributed by atoms with Crippen LogP contribution in [-0.4, -0.2) is 31.4 Å². The van der Waals surface area contributed by atoms with E-state index in [9.17, 15) is 14.0 Å². The first-order chi connectivity index (χ1) is 12.2. The van der Waals surface area contributed by atoms with E-state index in [-0.39, 0.29) is 17.8 Å². The summed E-state index contributed by atoms with van der Waals surface area (Å²) < 4.78 is 14.0. The van der Waals surface area contributed by atoms with Gasteiger partial charge in [-0.3, -0.25) is 9.59 Å². The molecule has 1 saturated heterocycles. The Kier molecular flexibility index (Phi) is 5.28. The molecule has 2 amide bonds. The molecule has 1 aliphatic rings. The minimum atomic E-state index is -0.243. The minimum Gasteiger partial charge on any atom is -0.367 e. The van der Waals surface area contributed by atoms with Gasteiger partial charge < -0.3 is 15.5 Å². The van der Waals surface area contributed by atoms with Gasteiger partial charge in [-0.15, -0.1) is 0 Å². The molecular formula is C19H20FN3O2. The Morgan fingerprint density at radius 3 is 2.64 bits per heavy atom. The smallest absolute Gasteiger partial charge is 0.251 e. The third kappa shape index (κ3) is 4.15. The molecule has 1 atom stereocenters. The van der Waals surface area contributed by atoms with E-state index in [4.69, 9.17) is 0 Å². The van der Waals surface area contributed by atoms with Gasteiger partial charge in [0.2, 0.25) is 6.41 Å². The Balaban J connectivity index is 1.63. The average molecular weight is 341 g/mol. The fourth-order valence-electron chi connectivity index (χ4n) is 3.08. The van der Waals surface area contributed by atoms with E-state index in [1.807, 2.05) is 11.0 Å². The van der Waals surface area contributed by atoms with Crippen LogP contribution in [0.1, 0.15) is 23.2 Å². The van der Waals surface area contributed by atoms with Crippen molar-refractivity contribution < 1.29 is 14.0 Å². The summed E-state index contributed by atoms with van der Waals surface area (Å²) in [5.41, 5.74) is 1.74. The van der Waals surface area contributed by atoms with Gasteiger partial charge in [0.25, 0.3) is 5.91 Å². The molecule has 130 valence electrons. The number of nitrogens with zero attached hydrogens (tertiary/aromatic N) is 1. The highest BCUT2D eigenvalue weighted by Crippen LogP contribution is 2.23. The molecule has 0 radical (unpaired) electrons. The zero-order valence-electron chi connectivity index (χ0n) is 13.7. The van der Waals surface area contributed by atoms with Gasteiger partial charge in [-0.1, -0.05) is 12.1 Å². The van der Waals surface area contributed by atoms with Crippen LogP contribution in [0.2, 0.25) is 0 Å². The van der Waals surface area contributed by atoms with Crippen molar-refractivity contribution in [3.8, 4) is 0 Å². The maximum atomic E-state index is 14.0. The van der Waals surface area contributed by atoms with Crippen LogP contribution in [0, 0.1) is 5.82 Å². The number of carbonyl (C=O) groups is 2. The molecule has 2 aromatic carbocycles. The molecule has 1 heterocycles. The zero-order chi connectivity index (χ0) is 17.6. The van der Waals surface area contributed by atoms with Crippen LogP contribution in [0.3, 0.4) is 0 Å². The number of amides is 2. The number of halogens is 1. The fourth-order valence-corrected chi connectivity index (χ4v) is 3.08. The molecule has 2 aromatic rings. The molecular weight excluding hydrogens is 321 g/mol. The lowest BCUT2D eigenvalue weighted by Crippen LogP contribution is -2.48. The molecule has 1 aliphatic heterocycles. The Bertz CT molecular complexity index is 749. The topological polar surface area (TPSA) is 61.4 Å². The third-order valence-electron chi connectivity index (χ3n) is 4.32. The van der Waals surface area contributed by atoms with Gasteiger partial charge in [0.05, 0.1) is 5.69 Å². The Morgan fingerprint density at radius 1 is 1.16 bits per heavy atom. The molecule has 6 heteroatoms. The van der Waals surface area contributed by atoms with Gasteiger partial charge in [0, 0.05) is 30.4 Å². The maximum absolute atomic E-state index is 14.0. The SMILES string of the molecule is O=CNc1ccc(C(=O)N[C@H]2CCCN(c3ccccc3F)C2)cc1. The van der Waals surface area contributed by atoms with E-state index in [0.29, 0.717) is 29.9 Å². The van der Waals surface area contributed by atoms with Crippen molar-refractivity contribution in [3.05, 3.63) is 59.9 Å². The molecule has 2 N–H and O–H groups in total. The largest absolute Gasteiger partial charge is 0.367 e. The van der Waals surface area contributed by atoms with Crippen molar-refractivity contribution in [2.45, 2.75) is 18.9 Å². The monoisotopic (exact) mass is 341 g/mol. The predicted molar refractivity (Wildman–Crippen MR) is 95.2 cm³/mol. The molecule has 0 spiro atoms. The summed E-state index contributed by atoms with van der Waals surface area (Å²) in [6.07, 6.45) is 2.34. The highest BCUT2D eigenvalue weighted by Gasteiger charge is 2.23. The van der Waals surface area contributed by atoms with Crippen molar-refractivity contribution in [2.75, 3.05) is 23.3 Å². The lowest BCUT2D eigenvalue weighted by Gasteiger charge is -2.35. The Labute approximate surface area is 145 Å². The summed E-state index contributed by atoms with van der Waals surface area (Å²) in [6, 6.07) is 13.3. The van der Waals surface area contributed by atoms with Crippen molar-refractivity contribution >= 4 is 23.7 Å². The van der Waals surface area contributed by atoms with Crippen molar-refractivity contribution in [1.82, 2.24) is 5.32 Å². The van der Waals surface area contributed by atoms with Gasteiger partial charge in [0.1, 0.15) is 5.82 Å². The average Bonchev–Trinajstić information content (AvgIpc) is 2.63. The second-order valence-electron chi connectivity index (χ2n) is 6.05. The maximum Gasteiger partial charge on any atom is 0.251 e. The Hall–Kier alpha value is -2.89. The first-order valence-electron chi connectivity index (χ1n) is 8.28. The van der Waals surface area contributed by atoms with Crippen LogP contribution in [0.15, 0.2) is 48.5 Å². The first-order valence-corrected chi connectivity index (χ1v) is 8.28. The molecule has 3 rings (SSSR count). The van der Waals surface area contributed by atoms with Crippen LogP contribution in [0.5, 0.6) is 0 Å². The highest BCUT2D eigenvalue weighted by atomic mass is 19.1. The van der Waals surface area contributed by atoms with Crippen LogP contribution in [0.4, 0.5) is 15.8 Å². The van der Waals surface area contributed by atoms with Gasteiger partial charge in [-0.2, -0.15) is 0 Å². The fraction of sp³-hybridized carbons (Fsp3) is 0.263. The Morgan fingerprint density at radius 2 is 1.92 bits per heavy atom. The normalized spacial score (nSPS) is 17.0. The van der Waals surface area contributed by atoms with E-state index < -0.39 is 0 Å². The van der Waals surface area contributed by atoms with Crippen LogP contribution in [-0.2, 0) is 4.79 Å². The predicted octanol–water partition coefficient (Wildman–Crippen LogP) is 2.79. The molecule has 0 bridgehead atoms. The first kappa shape index (κ1) is 17.0. The second-order valence-corrected chi connectivity index (χ2v) is 6.05. The lowest BCUT2D eigenvalue weighted by molar-refractivity contribution is -0.105. The van der Waals surface area contributed by atoms with Gasteiger partial charge >= 0.3 is 0 Å². The van der Waals surface area contributed by atoms with E-state index >= 15 is 0 Å². The summed E-state index contributed by atoms with van der Waals surface area (Å²) in [4.78, 5) is 24.8. The van der Waals surface area contributed by atoms with Gasteiger partial charge in [-0.05, 0) is 49.2 Å². The van der Waals surface area contributed by atoms with E-state index in [1.165, 1.54) is 6.07 Å². The molecule has 0 aromatic heterocycles. The van der Waals surface area contributed by atoms with Crippen molar-refractivity contribution in [3.63, 3.8) is 0 Å². The van der Waals surface area contributed by atoms with Crippen LogP contribution >= 0.6 is 0 Å². The number of anilines is 2. The van der Waals surface area contributed by atoms with Gasteiger partial charge in [0.15, 0.2) is 0 Å². The van der Waals surface area contributed by atoms with E-state index in [0.717, 1.165) is 19.4 Å². The number of piperidine rings is 1. The molecule has 25 heavy (non-hydrogen) atoms. The quantitative estimate of drug-likeness (QED) is 0.822. The number of para-hydroxylation sites is 1. The van der Waals surface area contributed by atoms with E-state index in [2.05, 4.69) is 10.6 Å². The molecule has 1 fully saturated rings. The van der Waals surface area contributed by atoms with Gasteiger partial charge in [-0.25, -0.2) is 4.39 Å². The number of hydrogen-bond donors (Lipinski definition) is 2. The standard InChI is InChI=1S/C19H20FN3O2/c20-17-5-1-2-6-18(17)23-11-3-4-16(12-23)22-19(25)14-7-9-15(10-8-14)21-13-24/h1-2,5-10,13,16H,3-4,11-12H2,(H,21,24)(H,22,25)/t16-/m0/s1. The highest BCUT2D eigenvalue weighted by molar-refractivity contribution is 5.95. The third-order valence-corrected chi connectivity index (χ3v) is 4.32. The summed E-state index contributed by atoms with van der Waals surface area (Å²) in [6.45, 7) is 1.36. The summed E-state index contributed by atoms with van der Waals surface area (Å²) >= 11 is 0. The second kappa shape index (κ2) is 7.79. The number of nitrogens with one attached hydrogen (secondary N) is 2. The summed E-state index contributed by atoms with van der Waals surface area (Å²) in [5.74, 6) is -0.411. The molecule has 0 unspecified atom stereocenters. The lowest BCUT2D eigenvalue weighted by atomic mass is 10.0. The number of rotatable bonds is 5. The molecule has 5 nitrogen and oxygen atoms in total. The van der Waals surface area contributed by atoms with Crippen LogP contribution in [0.25, 0.3) is 0 Å².